The third-order valence-corrected chi connectivity index (χ3v) is 3.69. The predicted octanol–water partition coefficient (Wildman–Crippen LogP) is 3.59. The van der Waals surface area contributed by atoms with Crippen LogP contribution in [0.3, 0.4) is 0 Å². The summed E-state index contributed by atoms with van der Waals surface area (Å²) in [6.07, 6.45) is -3.79. The molecule has 0 saturated carbocycles. The second kappa shape index (κ2) is 8.59. The summed E-state index contributed by atoms with van der Waals surface area (Å²) in [7, 11) is 1.50. The Labute approximate surface area is 162 Å². The summed E-state index contributed by atoms with van der Waals surface area (Å²) in [6.45, 7) is 0.209. The third kappa shape index (κ3) is 5.43. The molecule has 0 aliphatic carbocycles. The lowest BCUT2D eigenvalue weighted by Crippen LogP contribution is -2.23. The molecule has 0 aliphatic heterocycles. The molecular formula is C18H15F3N4O4. The molecule has 0 fully saturated rings. The van der Waals surface area contributed by atoms with Gasteiger partial charge in [0.05, 0.1) is 7.11 Å². The van der Waals surface area contributed by atoms with Gasteiger partial charge in [-0.05, 0) is 11.6 Å². The smallest absolute Gasteiger partial charge is 0.471 e. The number of nitrogens with zero attached hydrogens (tertiary/aromatic N) is 3. The van der Waals surface area contributed by atoms with E-state index in [2.05, 4.69) is 25.0 Å². The Kier molecular flexibility index (Phi) is 5.96. The van der Waals surface area contributed by atoms with Crippen LogP contribution in [0.25, 0.3) is 11.4 Å². The summed E-state index contributed by atoms with van der Waals surface area (Å²) in [6, 6.07) is 9.66. The average molecular weight is 408 g/mol. The van der Waals surface area contributed by atoms with Crippen molar-refractivity contribution in [3.05, 3.63) is 59.6 Å². The molecular weight excluding hydrogens is 393 g/mol. The lowest BCUT2D eigenvalue weighted by Gasteiger charge is -2.08. The van der Waals surface area contributed by atoms with Crippen molar-refractivity contribution in [2.45, 2.75) is 19.3 Å². The van der Waals surface area contributed by atoms with Crippen molar-refractivity contribution in [2.24, 2.45) is 0 Å². The molecule has 0 atom stereocenters. The number of carbonyl (C=O) groups is 1. The van der Waals surface area contributed by atoms with Crippen LogP contribution in [0.5, 0.6) is 5.88 Å². The van der Waals surface area contributed by atoms with Crippen LogP contribution in [0.2, 0.25) is 0 Å². The molecule has 0 radical (unpaired) electrons. The number of rotatable bonds is 6. The Morgan fingerprint density at radius 1 is 1.14 bits per heavy atom. The molecule has 3 rings (SSSR count). The second-order valence-electron chi connectivity index (χ2n) is 5.76. The minimum atomic E-state index is -4.70. The molecule has 11 heteroatoms. The maximum absolute atomic E-state index is 12.5. The van der Waals surface area contributed by atoms with E-state index in [0.29, 0.717) is 22.6 Å². The Morgan fingerprint density at radius 3 is 2.45 bits per heavy atom. The van der Waals surface area contributed by atoms with Crippen LogP contribution in [-0.4, -0.2) is 28.3 Å². The molecule has 0 aliphatic rings. The zero-order valence-electron chi connectivity index (χ0n) is 15.1. The SMILES string of the molecule is COc1ccc(COC(=O)NCc2ccc(-c3noc(C(F)(F)F)n3)cc2)cn1. The van der Waals surface area contributed by atoms with Gasteiger partial charge in [0.2, 0.25) is 11.7 Å². The Bertz CT molecular complexity index is 956. The summed E-state index contributed by atoms with van der Waals surface area (Å²) in [5.74, 6) is -1.13. The van der Waals surface area contributed by atoms with Crippen LogP contribution < -0.4 is 10.1 Å². The van der Waals surface area contributed by atoms with Gasteiger partial charge < -0.3 is 19.3 Å². The number of carbonyl (C=O) groups excluding carboxylic acids is 1. The van der Waals surface area contributed by atoms with Gasteiger partial charge in [0, 0.05) is 29.9 Å². The van der Waals surface area contributed by atoms with Crippen molar-refractivity contribution in [3.8, 4) is 17.3 Å². The van der Waals surface area contributed by atoms with E-state index >= 15 is 0 Å². The fourth-order valence-corrected chi connectivity index (χ4v) is 2.22. The van der Waals surface area contributed by atoms with E-state index in [-0.39, 0.29) is 19.0 Å². The lowest BCUT2D eigenvalue weighted by atomic mass is 10.1. The number of amides is 1. The number of nitrogens with one attached hydrogen (secondary N) is 1. The van der Waals surface area contributed by atoms with Crippen LogP contribution in [0.1, 0.15) is 17.0 Å². The van der Waals surface area contributed by atoms with Crippen molar-refractivity contribution < 1.29 is 32.0 Å². The molecule has 2 heterocycles. The lowest BCUT2D eigenvalue weighted by molar-refractivity contribution is -0.159. The van der Waals surface area contributed by atoms with Gasteiger partial charge >= 0.3 is 18.2 Å². The second-order valence-corrected chi connectivity index (χ2v) is 5.76. The summed E-state index contributed by atoms with van der Waals surface area (Å²) in [5.41, 5.74) is 1.75. The fourth-order valence-electron chi connectivity index (χ4n) is 2.22. The average Bonchev–Trinajstić information content (AvgIpc) is 3.22. The first kappa shape index (κ1) is 20.1. The maximum Gasteiger partial charge on any atom is 0.471 e. The topological polar surface area (TPSA) is 99.4 Å². The zero-order valence-corrected chi connectivity index (χ0v) is 15.1. The van der Waals surface area contributed by atoms with Gasteiger partial charge in [-0.1, -0.05) is 29.4 Å². The highest BCUT2D eigenvalue weighted by Gasteiger charge is 2.38. The summed E-state index contributed by atoms with van der Waals surface area (Å²) in [4.78, 5) is 19.1. The number of hydrogen-bond donors (Lipinski definition) is 1. The number of aromatic nitrogens is 3. The van der Waals surface area contributed by atoms with Crippen LogP contribution >= 0.6 is 0 Å². The normalized spacial score (nSPS) is 11.2. The number of methoxy groups -OCH3 is 1. The number of ether oxygens (including phenoxy) is 2. The van der Waals surface area contributed by atoms with Gasteiger partial charge in [0.1, 0.15) is 6.61 Å². The molecule has 0 unspecified atom stereocenters. The first-order chi connectivity index (χ1) is 13.8. The van der Waals surface area contributed by atoms with E-state index < -0.39 is 18.2 Å². The Balaban J connectivity index is 1.49. The molecule has 2 aromatic heterocycles. The number of alkyl halides is 3. The van der Waals surface area contributed by atoms with Crippen molar-refractivity contribution in [3.63, 3.8) is 0 Å². The Hall–Kier alpha value is -3.63. The van der Waals surface area contributed by atoms with Crippen LogP contribution in [0.4, 0.5) is 18.0 Å². The summed E-state index contributed by atoms with van der Waals surface area (Å²) >= 11 is 0. The van der Waals surface area contributed by atoms with Crippen molar-refractivity contribution >= 4 is 6.09 Å². The highest BCUT2D eigenvalue weighted by Crippen LogP contribution is 2.29. The number of benzene rings is 1. The molecule has 0 spiro atoms. The van der Waals surface area contributed by atoms with Gasteiger partial charge in [-0.25, -0.2) is 9.78 Å². The van der Waals surface area contributed by atoms with E-state index in [4.69, 9.17) is 9.47 Å². The molecule has 3 aromatic rings. The van der Waals surface area contributed by atoms with Crippen LogP contribution in [0, 0.1) is 0 Å². The van der Waals surface area contributed by atoms with E-state index in [1.165, 1.54) is 25.4 Å². The van der Waals surface area contributed by atoms with Gasteiger partial charge in [-0.2, -0.15) is 18.2 Å². The standard InChI is InChI=1S/C18H15F3N4O4/c1-27-14-7-4-12(9-22-14)10-28-17(26)23-8-11-2-5-13(6-3-11)15-24-16(29-25-15)18(19,20)21/h2-7,9H,8,10H2,1H3,(H,23,26). The minimum Gasteiger partial charge on any atom is -0.481 e. The molecule has 0 saturated heterocycles. The molecule has 152 valence electrons. The summed E-state index contributed by atoms with van der Waals surface area (Å²) < 4.78 is 51.7. The minimum absolute atomic E-state index is 0.0428. The Morgan fingerprint density at radius 2 is 1.86 bits per heavy atom. The van der Waals surface area contributed by atoms with E-state index in [0.717, 1.165) is 0 Å². The highest BCUT2D eigenvalue weighted by atomic mass is 19.4. The van der Waals surface area contributed by atoms with Gasteiger partial charge in [-0.15, -0.1) is 0 Å². The monoisotopic (exact) mass is 408 g/mol. The molecule has 1 N–H and O–H groups in total. The predicted molar refractivity (Wildman–Crippen MR) is 92.5 cm³/mol. The zero-order chi connectivity index (χ0) is 20.9. The van der Waals surface area contributed by atoms with E-state index in [1.807, 2.05) is 0 Å². The number of pyridine rings is 1. The quantitative estimate of drug-likeness (QED) is 0.665. The number of alkyl carbamates (subject to hydrolysis) is 1. The van der Waals surface area contributed by atoms with Gasteiger partial charge in [0.25, 0.3) is 0 Å². The maximum atomic E-state index is 12.5. The molecule has 1 aromatic carbocycles. The number of hydrogen-bond acceptors (Lipinski definition) is 7. The molecule has 0 bridgehead atoms. The fraction of sp³-hybridized carbons (Fsp3) is 0.222. The first-order valence-electron chi connectivity index (χ1n) is 8.25. The van der Waals surface area contributed by atoms with Crippen LogP contribution in [0.15, 0.2) is 47.1 Å². The number of halogens is 3. The van der Waals surface area contributed by atoms with Crippen molar-refractivity contribution in [1.29, 1.82) is 0 Å². The van der Waals surface area contributed by atoms with Crippen molar-refractivity contribution in [1.82, 2.24) is 20.4 Å². The molecule has 1 amide bonds. The highest BCUT2D eigenvalue weighted by molar-refractivity contribution is 5.67. The van der Waals surface area contributed by atoms with Crippen LogP contribution in [-0.2, 0) is 24.1 Å². The largest absolute Gasteiger partial charge is 0.481 e. The van der Waals surface area contributed by atoms with E-state index in [9.17, 15) is 18.0 Å². The summed E-state index contributed by atoms with van der Waals surface area (Å²) in [5, 5.41) is 5.88. The first-order valence-corrected chi connectivity index (χ1v) is 8.25. The third-order valence-electron chi connectivity index (χ3n) is 3.69. The van der Waals surface area contributed by atoms with Gasteiger partial charge in [-0.3, -0.25) is 0 Å². The van der Waals surface area contributed by atoms with Crippen molar-refractivity contribution in [2.75, 3.05) is 7.11 Å². The molecule has 8 nitrogen and oxygen atoms in total. The van der Waals surface area contributed by atoms with Gasteiger partial charge in [0.15, 0.2) is 0 Å². The molecule has 29 heavy (non-hydrogen) atoms. The van der Waals surface area contributed by atoms with E-state index in [1.54, 1.807) is 24.3 Å².